The molecule has 0 unspecified atom stereocenters. The summed E-state index contributed by atoms with van der Waals surface area (Å²) in [5, 5.41) is 9.99. The van der Waals surface area contributed by atoms with Crippen LogP contribution in [0.2, 0.25) is 5.02 Å². The van der Waals surface area contributed by atoms with E-state index in [-0.39, 0.29) is 6.61 Å². The standard InChI is InChI=1S/C26H27Cl2IN2O4S/c1-17-18(9-11-29-25(17)31-36(4,32)33)16-35-22-7-5-20(6-8-22)26(2,3)21-13-19(15-30)24(23(28)14-21)34-12-10-27/h5-9,11,13-14,31H,10,12,16H2,1-4H3. The zero-order valence-corrected chi connectivity index (χ0v) is 24.8. The van der Waals surface area contributed by atoms with E-state index in [0.29, 0.717) is 34.6 Å². The predicted molar refractivity (Wildman–Crippen MR) is 155 cm³/mol. The van der Waals surface area contributed by atoms with Gasteiger partial charge in [-0.2, -0.15) is 9.98 Å². The molecule has 0 amide bonds. The van der Waals surface area contributed by atoms with Gasteiger partial charge in [0.1, 0.15) is 25.0 Å². The molecule has 10 heteroatoms. The van der Waals surface area contributed by atoms with E-state index in [4.69, 9.17) is 32.7 Å². The predicted octanol–water partition coefficient (Wildman–Crippen LogP) is 6.03. The van der Waals surface area contributed by atoms with Crippen LogP contribution in [0.5, 0.6) is 11.5 Å². The highest BCUT2D eigenvalue weighted by atomic mass is 127. The van der Waals surface area contributed by atoms with Gasteiger partial charge in [-0.3, -0.25) is 0 Å². The Labute approximate surface area is 232 Å². The van der Waals surface area contributed by atoms with Crippen LogP contribution in [0.1, 0.15) is 37.5 Å². The normalized spacial score (nSPS) is 14.1. The summed E-state index contributed by atoms with van der Waals surface area (Å²) >= 11 is 11.6. The number of nitrogens with zero attached hydrogens (tertiary/aromatic N) is 1. The average Bonchev–Trinajstić information content (AvgIpc) is 2.82. The van der Waals surface area contributed by atoms with E-state index in [9.17, 15) is 13.7 Å². The highest BCUT2D eigenvalue weighted by molar-refractivity contribution is 14.2. The van der Waals surface area contributed by atoms with Crippen molar-refractivity contribution < 1.29 is 17.9 Å². The molecule has 2 aromatic rings. The SMILES string of the molecule is CC1=C(COc2ccc(C(C)(C)c3cc(Cl)c(OCCCl)c(C#N)c3)cc2)C=CI=C1NS(C)(=O)=O. The summed E-state index contributed by atoms with van der Waals surface area (Å²) in [4.78, 5) is 0. The largest absolute Gasteiger partial charge is 0.489 e. The van der Waals surface area contributed by atoms with E-state index in [2.05, 4.69) is 24.6 Å². The maximum absolute atomic E-state index is 11.6. The summed E-state index contributed by atoms with van der Waals surface area (Å²) in [5.41, 5.74) is 3.69. The first-order valence-corrected chi connectivity index (χ1v) is 16.1. The fourth-order valence-corrected chi connectivity index (χ4v) is 7.80. The minimum Gasteiger partial charge on any atom is -0.489 e. The van der Waals surface area contributed by atoms with Gasteiger partial charge in [0, 0.05) is 5.41 Å². The first kappa shape index (κ1) is 28.7. The lowest BCUT2D eigenvalue weighted by Crippen LogP contribution is -2.30. The molecule has 1 aliphatic rings. The van der Waals surface area contributed by atoms with Crippen LogP contribution in [0.3, 0.4) is 0 Å². The van der Waals surface area contributed by atoms with Crippen LogP contribution in [0.25, 0.3) is 0 Å². The van der Waals surface area contributed by atoms with Gasteiger partial charge in [-0.1, -0.05) is 58.3 Å². The maximum atomic E-state index is 11.6. The molecule has 0 fully saturated rings. The lowest BCUT2D eigenvalue weighted by atomic mass is 9.77. The Morgan fingerprint density at radius 2 is 1.83 bits per heavy atom. The second kappa shape index (κ2) is 12.1. The van der Waals surface area contributed by atoms with Crippen molar-refractivity contribution in [1.29, 1.82) is 5.26 Å². The van der Waals surface area contributed by atoms with E-state index < -0.39 is 36.2 Å². The monoisotopic (exact) mass is 660 g/mol. The summed E-state index contributed by atoms with van der Waals surface area (Å²) in [6.45, 7) is 6.63. The van der Waals surface area contributed by atoms with Crippen LogP contribution < -0.4 is 14.2 Å². The number of halogens is 3. The molecule has 0 aliphatic carbocycles. The zero-order chi connectivity index (χ0) is 26.5. The van der Waals surface area contributed by atoms with Crippen molar-refractivity contribution in [2.45, 2.75) is 26.2 Å². The molecule has 36 heavy (non-hydrogen) atoms. The van der Waals surface area contributed by atoms with Gasteiger partial charge in [-0.25, -0.2) is 8.42 Å². The number of hydrogen-bond donors (Lipinski definition) is 1. The molecule has 0 saturated heterocycles. The molecule has 1 aliphatic heterocycles. The van der Waals surface area contributed by atoms with E-state index in [0.717, 1.165) is 32.2 Å². The molecule has 0 saturated carbocycles. The summed E-state index contributed by atoms with van der Waals surface area (Å²) < 4.78 is 40.3. The fraction of sp³-hybridized carbons (Fsp3) is 0.308. The van der Waals surface area contributed by atoms with Gasteiger partial charge in [0.05, 0.1) is 26.4 Å². The molecule has 0 bridgehead atoms. The van der Waals surface area contributed by atoms with E-state index in [1.807, 2.05) is 47.4 Å². The quantitative estimate of drug-likeness (QED) is 0.249. The average molecular weight is 661 g/mol. The van der Waals surface area contributed by atoms with Crippen LogP contribution >= 0.6 is 43.9 Å². The molecule has 1 N–H and O–H groups in total. The summed E-state index contributed by atoms with van der Waals surface area (Å²) in [6, 6.07) is 13.6. The third-order valence-corrected chi connectivity index (χ3v) is 9.50. The van der Waals surface area contributed by atoms with Gasteiger partial charge in [0.25, 0.3) is 0 Å². The van der Waals surface area contributed by atoms with Gasteiger partial charge >= 0.3 is 0 Å². The van der Waals surface area contributed by atoms with Crippen LogP contribution in [0.4, 0.5) is 0 Å². The summed E-state index contributed by atoms with van der Waals surface area (Å²) in [7, 11) is -3.31. The molecular formula is C26H27Cl2IN2O4S. The third kappa shape index (κ3) is 7.11. The number of hydrogen-bond acceptors (Lipinski definition) is 5. The van der Waals surface area contributed by atoms with Gasteiger partial charge < -0.3 is 9.47 Å². The molecule has 192 valence electrons. The molecule has 0 aromatic heterocycles. The van der Waals surface area contributed by atoms with Gasteiger partial charge in [0.2, 0.25) is 10.0 Å². The van der Waals surface area contributed by atoms with Crippen molar-refractivity contribution in [3.05, 3.63) is 79.4 Å². The van der Waals surface area contributed by atoms with Crippen LogP contribution in [0, 0.1) is 11.3 Å². The number of sulfonamides is 1. The van der Waals surface area contributed by atoms with Gasteiger partial charge in [-0.15, -0.1) is 11.6 Å². The van der Waals surface area contributed by atoms with Crippen molar-refractivity contribution in [2.75, 3.05) is 25.3 Å². The lowest BCUT2D eigenvalue weighted by molar-refractivity contribution is 0.341. The van der Waals surface area contributed by atoms with Crippen molar-refractivity contribution in [3.63, 3.8) is 0 Å². The number of benzene rings is 2. The molecule has 3 rings (SSSR count). The minimum absolute atomic E-state index is 0.265. The number of nitriles is 1. The van der Waals surface area contributed by atoms with Gasteiger partial charge in [0.15, 0.2) is 5.75 Å². The van der Waals surface area contributed by atoms with Crippen molar-refractivity contribution >= 4 is 57.6 Å². The maximum Gasteiger partial charge on any atom is 0.213 e. The van der Waals surface area contributed by atoms with E-state index >= 15 is 0 Å². The zero-order valence-electron chi connectivity index (χ0n) is 20.4. The molecule has 0 atom stereocenters. The third-order valence-electron chi connectivity index (χ3n) is 5.70. The molecular weight excluding hydrogens is 634 g/mol. The van der Waals surface area contributed by atoms with Crippen molar-refractivity contribution in [1.82, 2.24) is 4.72 Å². The molecule has 0 radical (unpaired) electrons. The van der Waals surface area contributed by atoms with E-state index in [1.165, 1.54) is 0 Å². The Hall–Kier alpha value is -1.90. The topological polar surface area (TPSA) is 88.4 Å². The summed E-state index contributed by atoms with van der Waals surface area (Å²) in [5.74, 6) is 1.34. The van der Waals surface area contributed by atoms with Crippen molar-refractivity contribution in [2.24, 2.45) is 0 Å². The Kier molecular flexibility index (Phi) is 9.63. The Balaban J connectivity index is 1.77. The number of alkyl halides is 1. The highest BCUT2D eigenvalue weighted by Crippen LogP contribution is 2.38. The number of rotatable bonds is 10. The van der Waals surface area contributed by atoms with Crippen LogP contribution in [0.15, 0.2) is 57.7 Å². The smallest absolute Gasteiger partial charge is 0.213 e. The molecule has 6 nitrogen and oxygen atoms in total. The van der Waals surface area contributed by atoms with Crippen LogP contribution in [-0.4, -0.2) is 37.4 Å². The molecule has 2 aromatic carbocycles. The second-order valence-corrected chi connectivity index (χ2v) is 13.6. The number of nitrogens with one attached hydrogen (secondary N) is 1. The first-order valence-electron chi connectivity index (χ1n) is 11.0. The Morgan fingerprint density at radius 1 is 1.14 bits per heavy atom. The second-order valence-electron chi connectivity index (χ2n) is 8.66. The first-order chi connectivity index (χ1) is 17.0. The van der Waals surface area contributed by atoms with Crippen LogP contribution in [-0.2, 0) is 15.4 Å². The Bertz CT molecular complexity index is 1380. The lowest BCUT2D eigenvalue weighted by Gasteiger charge is -2.27. The Morgan fingerprint density at radius 3 is 2.44 bits per heavy atom. The van der Waals surface area contributed by atoms with Crippen molar-refractivity contribution in [3.8, 4) is 17.6 Å². The summed E-state index contributed by atoms with van der Waals surface area (Å²) in [6.07, 6.45) is 3.16. The van der Waals surface area contributed by atoms with E-state index in [1.54, 1.807) is 6.07 Å². The molecule has 1 heterocycles. The fourth-order valence-electron chi connectivity index (χ4n) is 3.56. The highest BCUT2D eigenvalue weighted by Gasteiger charge is 2.26. The minimum atomic E-state index is -3.31. The van der Waals surface area contributed by atoms with Gasteiger partial charge in [-0.05, 0) is 63.6 Å². The number of ether oxygens (including phenoxy) is 2. The molecule has 0 spiro atoms.